The average molecular weight is 563 g/mol. The monoisotopic (exact) mass is 562 g/mol. The number of carbonyl (C=O) groups excluding carboxylic acids is 3. The molecule has 4 amide bonds. The number of nitrogens with zero attached hydrogens (tertiary/aromatic N) is 2. The maximum atomic E-state index is 13.3. The van der Waals surface area contributed by atoms with Crippen molar-refractivity contribution in [2.75, 3.05) is 25.1 Å². The lowest BCUT2D eigenvalue weighted by atomic mass is 9.84. The summed E-state index contributed by atoms with van der Waals surface area (Å²) < 4.78 is 13.3. The third kappa shape index (κ3) is 9.42. The number of carbonyl (C=O) groups is 3. The van der Waals surface area contributed by atoms with Gasteiger partial charge in [0, 0.05) is 19.3 Å². The molecule has 8 nitrogen and oxygen atoms in total. The van der Waals surface area contributed by atoms with Crippen molar-refractivity contribution >= 4 is 24.0 Å². The fourth-order valence-electron chi connectivity index (χ4n) is 4.91. The van der Waals surface area contributed by atoms with Gasteiger partial charge in [-0.15, -0.1) is 0 Å². The molecule has 1 aliphatic rings. The summed E-state index contributed by atoms with van der Waals surface area (Å²) in [6.07, 6.45) is 6.91. The molecular weight excluding hydrogens is 523 g/mol. The van der Waals surface area contributed by atoms with Gasteiger partial charge in [-0.05, 0) is 59.7 Å². The molecule has 3 aromatic carbocycles. The van der Waals surface area contributed by atoms with Gasteiger partial charge >= 0.3 is 6.03 Å². The van der Waals surface area contributed by atoms with E-state index < -0.39 is 11.9 Å². The predicted octanol–water partition coefficient (Wildman–Crippen LogP) is 4.88. The SMILES string of the molecule is CN(CCO)C(=O)N(Cc1ccc(C2CCCCC2)cc1)c1ccc(F)cc1.NC(=O)C(NC=O)c1ccccc1. The number of urea groups is 1. The predicted molar refractivity (Wildman–Crippen MR) is 158 cm³/mol. The number of nitrogens with one attached hydrogen (secondary N) is 1. The van der Waals surface area contributed by atoms with Gasteiger partial charge in [-0.2, -0.15) is 0 Å². The van der Waals surface area contributed by atoms with Crippen LogP contribution in [0, 0.1) is 5.82 Å². The van der Waals surface area contributed by atoms with Crippen LogP contribution in [0.25, 0.3) is 0 Å². The van der Waals surface area contributed by atoms with Gasteiger partial charge in [0.1, 0.15) is 11.9 Å². The lowest BCUT2D eigenvalue weighted by molar-refractivity contribution is -0.122. The Morgan fingerprint density at radius 1 is 1.00 bits per heavy atom. The molecule has 218 valence electrons. The number of likely N-dealkylation sites (N-methyl/N-ethyl adjacent to an activating group) is 1. The van der Waals surface area contributed by atoms with Crippen LogP contribution in [0.4, 0.5) is 14.9 Å². The standard InChI is InChI=1S/C23H29FN2O2.C9H10N2O2/c1-25(15-16-27)23(28)26(22-13-11-21(24)12-14-22)17-18-7-9-20(10-8-18)19-5-3-2-4-6-19;10-9(13)8(11-6-12)7-4-2-1-3-5-7/h7-14,19,27H,2-6,15-17H2,1H3;1-6,8H,(H2,10,13)(H,11,12). The largest absolute Gasteiger partial charge is 0.395 e. The summed E-state index contributed by atoms with van der Waals surface area (Å²) in [5.74, 6) is -0.261. The quantitative estimate of drug-likeness (QED) is 0.305. The van der Waals surface area contributed by atoms with Crippen molar-refractivity contribution < 1.29 is 23.9 Å². The van der Waals surface area contributed by atoms with Crippen molar-refractivity contribution in [1.82, 2.24) is 10.2 Å². The number of hydrogen-bond acceptors (Lipinski definition) is 4. The molecule has 1 fully saturated rings. The Kier molecular flexibility index (Phi) is 12.3. The van der Waals surface area contributed by atoms with Gasteiger partial charge in [-0.25, -0.2) is 9.18 Å². The fraction of sp³-hybridized carbons (Fsp3) is 0.344. The Bertz CT molecular complexity index is 1230. The third-order valence-corrected chi connectivity index (χ3v) is 7.18. The average Bonchev–Trinajstić information content (AvgIpc) is 3.00. The number of amides is 4. The topological polar surface area (TPSA) is 116 Å². The molecule has 4 rings (SSSR count). The molecule has 0 heterocycles. The van der Waals surface area contributed by atoms with Crippen LogP contribution in [0.5, 0.6) is 0 Å². The molecule has 0 radical (unpaired) electrons. The van der Waals surface area contributed by atoms with Crippen LogP contribution < -0.4 is 16.0 Å². The van der Waals surface area contributed by atoms with Crippen molar-refractivity contribution in [3.8, 4) is 0 Å². The zero-order valence-corrected chi connectivity index (χ0v) is 23.4. The number of rotatable bonds is 10. The Hall–Kier alpha value is -4.24. The number of benzene rings is 3. The van der Waals surface area contributed by atoms with E-state index in [-0.39, 0.29) is 25.0 Å². The van der Waals surface area contributed by atoms with Gasteiger partial charge in [0.15, 0.2) is 0 Å². The number of halogens is 1. The van der Waals surface area contributed by atoms with Gasteiger partial charge in [0.25, 0.3) is 0 Å². The lowest BCUT2D eigenvalue weighted by Gasteiger charge is -2.28. The first-order valence-electron chi connectivity index (χ1n) is 13.9. The summed E-state index contributed by atoms with van der Waals surface area (Å²) in [6, 6.07) is 22.3. The molecule has 9 heteroatoms. The van der Waals surface area contributed by atoms with Crippen molar-refractivity contribution in [2.45, 2.75) is 50.6 Å². The van der Waals surface area contributed by atoms with Crippen molar-refractivity contribution in [3.05, 3.63) is 101 Å². The van der Waals surface area contributed by atoms with Gasteiger partial charge in [-0.3, -0.25) is 14.5 Å². The summed E-state index contributed by atoms with van der Waals surface area (Å²) in [5.41, 5.74) is 8.81. The number of primary amides is 1. The second-order valence-electron chi connectivity index (χ2n) is 10.1. The van der Waals surface area contributed by atoms with Crippen LogP contribution in [0.3, 0.4) is 0 Å². The van der Waals surface area contributed by atoms with Gasteiger partial charge in [0.2, 0.25) is 12.3 Å². The van der Waals surface area contributed by atoms with Crippen LogP contribution in [0.2, 0.25) is 0 Å². The van der Waals surface area contributed by atoms with Crippen LogP contribution in [0.15, 0.2) is 78.9 Å². The molecular formula is C32H39FN4O4. The number of aliphatic hydroxyl groups is 1. The molecule has 4 N–H and O–H groups in total. The molecule has 0 saturated heterocycles. The second-order valence-corrected chi connectivity index (χ2v) is 10.1. The smallest absolute Gasteiger partial charge is 0.324 e. The summed E-state index contributed by atoms with van der Waals surface area (Å²) in [6.45, 7) is 0.540. The van der Waals surface area contributed by atoms with E-state index in [1.807, 2.05) is 6.07 Å². The van der Waals surface area contributed by atoms with Gasteiger partial charge in [0.05, 0.1) is 13.2 Å². The lowest BCUT2D eigenvalue weighted by Crippen LogP contribution is -2.42. The van der Waals surface area contributed by atoms with Crippen LogP contribution in [0.1, 0.15) is 60.8 Å². The van der Waals surface area contributed by atoms with Crippen molar-refractivity contribution in [1.29, 1.82) is 0 Å². The van der Waals surface area contributed by atoms with E-state index in [1.165, 1.54) is 54.7 Å². The normalized spacial score (nSPS) is 13.7. The Balaban J connectivity index is 0.000000298. The molecule has 41 heavy (non-hydrogen) atoms. The Morgan fingerprint density at radius 3 is 2.20 bits per heavy atom. The summed E-state index contributed by atoms with van der Waals surface area (Å²) in [7, 11) is 1.65. The summed E-state index contributed by atoms with van der Waals surface area (Å²) in [5, 5.41) is 11.5. The first kappa shape index (κ1) is 31.3. The minimum absolute atomic E-state index is 0.102. The number of hydrogen-bond donors (Lipinski definition) is 3. The first-order valence-corrected chi connectivity index (χ1v) is 13.9. The van der Waals surface area contributed by atoms with E-state index in [2.05, 4.69) is 29.6 Å². The molecule has 0 aliphatic heterocycles. The van der Waals surface area contributed by atoms with Crippen LogP contribution in [-0.4, -0.2) is 48.6 Å². The highest BCUT2D eigenvalue weighted by molar-refractivity contribution is 5.91. The third-order valence-electron chi connectivity index (χ3n) is 7.18. The molecule has 0 spiro atoms. The summed E-state index contributed by atoms with van der Waals surface area (Å²) in [4.78, 5) is 37.0. The highest BCUT2D eigenvalue weighted by atomic mass is 19.1. The molecule has 3 aromatic rings. The molecule has 1 saturated carbocycles. The van der Waals surface area contributed by atoms with E-state index in [4.69, 9.17) is 10.8 Å². The fourth-order valence-corrected chi connectivity index (χ4v) is 4.91. The highest BCUT2D eigenvalue weighted by Gasteiger charge is 2.21. The van der Waals surface area contributed by atoms with Gasteiger partial charge in [-0.1, -0.05) is 73.9 Å². The zero-order valence-electron chi connectivity index (χ0n) is 23.4. The maximum absolute atomic E-state index is 13.3. The number of anilines is 1. The Morgan fingerprint density at radius 2 is 1.63 bits per heavy atom. The van der Waals surface area contributed by atoms with Crippen molar-refractivity contribution in [3.63, 3.8) is 0 Å². The van der Waals surface area contributed by atoms with Crippen LogP contribution >= 0.6 is 0 Å². The first-order chi connectivity index (χ1) is 19.8. The van der Waals surface area contributed by atoms with E-state index in [9.17, 15) is 18.8 Å². The summed E-state index contributed by atoms with van der Waals surface area (Å²) >= 11 is 0. The molecule has 1 unspecified atom stereocenters. The number of nitrogens with two attached hydrogens (primary N) is 1. The van der Waals surface area contributed by atoms with Crippen LogP contribution in [-0.2, 0) is 16.1 Å². The minimum Gasteiger partial charge on any atom is -0.395 e. The molecule has 1 atom stereocenters. The van der Waals surface area contributed by atoms with Crippen molar-refractivity contribution in [2.24, 2.45) is 5.73 Å². The minimum atomic E-state index is -0.737. The molecule has 0 aromatic heterocycles. The van der Waals surface area contributed by atoms with E-state index in [1.54, 1.807) is 48.3 Å². The van der Waals surface area contributed by atoms with E-state index >= 15 is 0 Å². The van der Waals surface area contributed by atoms with Gasteiger partial charge < -0.3 is 21.1 Å². The highest BCUT2D eigenvalue weighted by Crippen LogP contribution is 2.32. The Labute approximate surface area is 241 Å². The zero-order chi connectivity index (χ0) is 29.6. The molecule has 0 bridgehead atoms. The second kappa shape index (κ2) is 16.1. The number of aliphatic hydroxyl groups excluding tert-OH is 1. The van der Waals surface area contributed by atoms with E-state index in [0.717, 1.165) is 5.56 Å². The maximum Gasteiger partial charge on any atom is 0.324 e. The van der Waals surface area contributed by atoms with E-state index in [0.29, 0.717) is 30.1 Å². The molecule has 1 aliphatic carbocycles.